The van der Waals surface area contributed by atoms with Crippen LogP contribution in [-0.4, -0.2) is 75.9 Å². The van der Waals surface area contributed by atoms with E-state index in [2.05, 4.69) is 51.4 Å². The normalized spacial score (nSPS) is 18.5. The summed E-state index contributed by atoms with van der Waals surface area (Å²) in [6.45, 7) is 7.95. The zero-order chi connectivity index (χ0) is 18.9. The molecule has 1 saturated heterocycles. The standard InChI is InChI=1S/C21H34N4O2/c1-22-21(24(2)9-12-27-17-18-7-8-18)23-15-19-5-3-4-6-20(19)16-25-10-13-26-14-11-25/h3-6,18H,7-17H2,1-2H3,(H,22,23). The number of aliphatic imine (C=N–C) groups is 1. The Morgan fingerprint density at radius 1 is 1.26 bits per heavy atom. The molecule has 1 saturated carbocycles. The van der Waals surface area contributed by atoms with E-state index < -0.39 is 0 Å². The van der Waals surface area contributed by atoms with Crippen LogP contribution in [0.15, 0.2) is 29.3 Å². The molecule has 1 aromatic rings. The van der Waals surface area contributed by atoms with E-state index in [1.54, 1.807) is 0 Å². The fraction of sp³-hybridized carbons (Fsp3) is 0.667. The second kappa shape index (κ2) is 10.6. The van der Waals surface area contributed by atoms with Gasteiger partial charge in [-0.25, -0.2) is 0 Å². The summed E-state index contributed by atoms with van der Waals surface area (Å²) in [5, 5.41) is 3.50. The molecule has 27 heavy (non-hydrogen) atoms. The molecular weight excluding hydrogens is 340 g/mol. The molecule has 1 N–H and O–H groups in total. The van der Waals surface area contributed by atoms with E-state index in [9.17, 15) is 0 Å². The zero-order valence-corrected chi connectivity index (χ0v) is 16.8. The third-order valence-electron chi connectivity index (χ3n) is 5.25. The highest BCUT2D eigenvalue weighted by Crippen LogP contribution is 2.28. The van der Waals surface area contributed by atoms with Gasteiger partial charge in [0.1, 0.15) is 0 Å². The maximum absolute atomic E-state index is 5.75. The summed E-state index contributed by atoms with van der Waals surface area (Å²) in [6, 6.07) is 8.66. The lowest BCUT2D eigenvalue weighted by Crippen LogP contribution is -2.40. The average molecular weight is 375 g/mol. The number of nitrogens with one attached hydrogen (secondary N) is 1. The second-order valence-corrected chi connectivity index (χ2v) is 7.50. The number of hydrogen-bond acceptors (Lipinski definition) is 4. The van der Waals surface area contributed by atoms with Crippen LogP contribution in [0.1, 0.15) is 24.0 Å². The van der Waals surface area contributed by atoms with Crippen molar-refractivity contribution in [3.63, 3.8) is 0 Å². The van der Waals surface area contributed by atoms with Crippen LogP contribution in [0.25, 0.3) is 0 Å². The summed E-state index contributed by atoms with van der Waals surface area (Å²) in [6.07, 6.45) is 2.67. The van der Waals surface area contributed by atoms with E-state index in [0.717, 1.165) is 71.0 Å². The predicted octanol–water partition coefficient (Wildman–Crippen LogP) is 1.95. The van der Waals surface area contributed by atoms with Crippen molar-refractivity contribution >= 4 is 5.96 Å². The molecule has 0 unspecified atom stereocenters. The number of benzene rings is 1. The van der Waals surface area contributed by atoms with Crippen LogP contribution >= 0.6 is 0 Å². The quantitative estimate of drug-likeness (QED) is 0.407. The molecule has 0 atom stereocenters. The van der Waals surface area contributed by atoms with Crippen LogP contribution in [0.3, 0.4) is 0 Å². The summed E-state index contributed by atoms with van der Waals surface area (Å²) in [5.41, 5.74) is 2.70. The first-order valence-corrected chi connectivity index (χ1v) is 10.1. The van der Waals surface area contributed by atoms with Gasteiger partial charge in [-0.3, -0.25) is 9.89 Å². The molecule has 0 amide bonds. The van der Waals surface area contributed by atoms with Crippen molar-refractivity contribution in [1.29, 1.82) is 0 Å². The molecule has 150 valence electrons. The Bertz CT molecular complexity index is 598. The van der Waals surface area contributed by atoms with Gasteiger partial charge in [-0.2, -0.15) is 0 Å². The van der Waals surface area contributed by atoms with Crippen LogP contribution < -0.4 is 5.32 Å². The van der Waals surface area contributed by atoms with Gasteiger partial charge in [-0.05, 0) is 29.9 Å². The van der Waals surface area contributed by atoms with Crippen LogP contribution in [0.4, 0.5) is 0 Å². The number of morpholine rings is 1. The Morgan fingerprint density at radius 2 is 2.00 bits per heavy atom. The Kier molecular flexibility index (Phi) is 7.93. The maximum Gasteiger partial charge on any atom is 0.193 e. The number of rotatable bonds is 9. The predicted molar refractivity (Wildman–Crippen MR) is 109 cm³/mol. The minimum absolute atomic E-state index is 0.751. The Labute approximate surface area is 163 Å². The number of hydrogen-bond donors (Lipinski definition) is 1. The van der Waals surface area contributed by atoms with E-state index in [0.29, 0.717) is 0 Å². The van der Waals surface area contributed by atoms with Crippen LogP contribution in [-0.2, 0) is 22.6 Å². The number of nitrogens with zero attached hydrogens (tertiary/aromatic N) is 3. The second-order valence-electron chi connectivity index (χ2n) is 7.50. The summed E-state index contributed by atoms with van der Waals surface area (Å²) < 4.78 is 11.2. The summed E-state index contributed by atoms with van der Waals surface area (Å²) in [5.74, 6) is 1.72. The number of ether oxygens (including phenoxy) is 2. The van der Waals surface area contributed by atoms with Gasteiger partial charge >= 0.3 is 0 Å². The van der Waals surface area contributed by atoms with Crippen LogP contribution in [0.5, 0.6) is 0 Å². The zero-order valence-electron chi connectivity index (χ0n) is 16.8. The third-order valence-corrected chi connectivity index (χ3v) is 5.25. The molecule has 2 fully saturated rings. The highest BCUT2D eigenvalue weighted by molar-refractivity contribution is 5.79. The smallest absolute Gasteiger partial charge is 0.193 e. The first-order valence-electron chi connectivity index (χ1n) is 10.1. The number of likely N-dealkylation sites (N-methyl/N-ethyl adjacent to an activating group) is 1. The van der Waals surface area contributed by atoms with E-state index in [1.807, 2.05) is 7.05 Å². The van der Waals surface area contributed by atoms with Gasteiger partial charge in [0.15, 0.2) is 5.96 Å². The van der Waals surface area contributed by atoms with Gasteiger partial charge < -0.3 is 19.7 Å². The first-order chi connectivity index (χ1) is 13.3. The van der Waals surface area contributed by atoms with E-state index in [4.69, 9.17) is 9.47 Å². The summed E-state index contributed by atoms with van der Waals surface area (Å²) in [7, 11) is 3.90. The van der Waals surface area contributed by atoms with Gasteiger partial charge in [0.2, 0.25) is 0 Å². The highest BCUT2D eigenvalue weighted by Gasteiger charge is 2.21. The van der Waals surface area contributed by atoms with Crippen molar-refractivity contribution in [2.75, 3.05) is 60.2 Å². The molecule has 1 aromatic carbocycles. The molecule has 1 heterocycles. The van der Waals surface area contributed by atoms with Crippen LogP contribution in [0.2, 0.25) is 0 Å². The highest BCUT2D eigenvalue weighted by atomic mass is 16.5. The summed E-state index contributed by atoms with van der Waals surface area (Å²) in [4.78, 5) is 9.02. The van der Waals surface area contributed by atoms with Gasteiger partial charge in [-0.1, -0.05) is 24.3 Å². The molecule has 3 rings (SSSR count). The van der Waals surface area contributed by atoms with Crippen molar-refractivity contribution in [2.24, 2.45) is 10.9 Å². The van der Waals surface area contributed by atoms with E-state index in [-0.39, 0.29) is 0 Å². The first kappa shape index (κ1) is 20.1. The molecule has 1 aliphatic carbocycles. The van der Waals surface area contributed by atoms with E-state index >= 15 is 0 Å². The molecule has 6 heteroatoms. The van der Waals surface area contributed by atoms with Crippen LogP contribution in [0, 0.1) is 5.92 Å². The van der Waals surface area contributed by atoms with Crippen molar-refractivity contribution < 1.29 is 9.47 Å². The lowest BCUT2D eigenvalue weighted by molar-refractivity contribution is 0.0341. The van der Waals surface area contributed by atoms with Gasteiger partial charge in [0.25, 0.3) is 0 Å². The molecule has 0 spiro atoms. The largest absolute Gasteiger partial charge is 0.379 e. The molecule has 0 bridgehead atoms. The lowest BCUT2D eigenvalue weighted by Gasteiger charge is -2.28. The molecule has 6 nitrogen and oxygen atoms in total. The molecule has 0 radical (unpaired) electrons. The van der Waals surface area contributed by atoms with Crippen molar-refractivity contribution in [3.05, 3.63) is 35.4 Å². The Hall–Kier alpha value is -1.63. The van der Waals surface area contributed by atoms with Crippen molar-refractivity contribution in [1.82, 2.24) is 15.1 Å². The molecule has 0 aromatic heterocycles. The minimum atomic E-state index is 0.751. The summed E-state index contributed by atoms with van der Waals surface area (Å²) >= 11 is 0. The Balaban J connectivity index is 1.46. The maximum atomic E-state index is 5.75. The molecule has 2 aliphatic rings. The van der Waals surface area contributed by atoms with Gasteiger partial charge in [-0.15, -0.1) is 0 Å². The van der Waals surface area contributed by atoms with Gasteiger partial charge in [0.05, 0.1) is 19.8 Å². The topological polar surface area (TPSA) is 49.3 Å². The molecule has 1 aliphatic heterocycles. The van der Waals surface area contributed by atoms with E-state index in [1.165, 1.54) is 24.0 Å². The van der Waals surface area contributed by atoms with Crippen molar-refractivity contribution in [2.45, 2.75) is 25.9 Å². The monoisotopic (exact) mass is 374 g/mol. The fourth-order valence-corrected chi connectivity index (χ4v) is 3.29. The Morgan fingerprint density at radius 3 is 2.70 bits per heavy atom. The minimum Gasteiger partial charge on any atom is -0.379 e. The molecular formula is C21H34N4O2. The third kappa shape index (κ3) is 6.79. The number of guanidine groups is 1. The van der Waals surface area contributed by atoms with Gasteiger partial charge in [0, 0.05) is 53.4 Å². The lowest BCUT2D eigenvalue weighted by atomic mass is 10.1. The fourth-order valence-electron chi connectivity index (χ4n) is 3.29. The SMILES string of the molecule is CN=C(NCc1ccccc1CN1CCOCC1)N(C)CCOCC1CC1. The van der Waals surface area contributed by atoms with Crippen molar-refractivity contribution in [3.8, 4) is 0 Å². The average Bonchev–Trinajstić information content (AvgIpc) is 3.52.